The van der Waals surface area contributed by atoms with Gasteiger partial charge in [0.25, 0.3) is 0 Å². The van der Waals surface area contributed by atoms with Gasteiger partial charge in [0.1, 0.15) is 12.4 Å². The zero-order chi connectivity index (χ0) is 13.7. The molecule has 1 aliphatic heterocycles. The van der Waals surface area contributed by atoms with Gasteiger partial charge in [-0.05, 0) is 43.4 Å². The molecular weight excluding hydrogens is 236 g/mol. The Kier molecular flexibility index (Phi) is 5.23. The third-order valence-corrected chi connectivity index (χ3v) is 4.03. The fraction of sp³-hybridized carbons (Fsp3) is 0.625. The maximum atomic E-state index is 5.84. The quantitative estimate of drug-likeness (QED) is 0.886. The number of hydrogen-bond acceptors (Lipinski definition) is 3. The Morgan fingerprint density at radius 2 is 2.16 bits per heavy atom. The van der Waals surface area contributed by atoms with E-state index in [1.165, 1.54) is 19.4 Å². The Morgan fingerprint density at radius 3 is 2.95 bits per heavy atom. The fourth-order valence-corrected chi connectivity index (χ4v) is 2.73. The van der Waals surface area contributed by atoms with Crippen LogP contribution >= 0.6 is 0 Å². The van der Waals surface area contributed by atoms with Gasteiger partial charge in [-0.1, -0.05) is 19.1 Å². The largest absolute Gasteiger partial charge is 0.492 e. The van der Waals surface area contributed by atoms with Crippen molar-refractivity contribution in [3.63, 3.8) is 0 Å². The van der Waals surface area contributed by atoms with E-state index >= 15 is 0 Å². The SMILES string of the molecule is CC1CCC(C)N(CCOc2cccc(CN)c2)C1. The number of nitrogens with two attached hydrogens (primary N) is 1. The molecule has 0 amide bonds. The van der Waals surface area contributed by atoms with Crippen LogP contribution in [0.4, 0.5) is 0 Å². The Morgan fingerprint density at radius 1 is 1.32 bits per heavy atom. The van der Waals surface area contributed by atoms with Crippen molar-refractivity contribution in [1.82, 2.24) is 4.90 Å². The zero-order valence-electron chi connectivity index (χ0n) is 12.1. The Balaban J connectivity index is 1.79. The Labute approximate surface area is 116 Å². The summed E-state index contributed by atoms with van der Waals surface area (Å²) in [7, 11) is 0. The van der Waals surface area contributed by atoms with E-state index in [1.807, 2.05) is 24.3 Å². The van der Waals surface area contributed by atoms with E-state index < -0.39 is 0 Å². The number of rotatable bonds is 5. The van der Waals surface area contributed by atoms with E-state index in [1.54, 1.807) is 0 Å². The van der Waals surface area contributed by atoms with Crippen LogP contribution in [-0.2, 0) is 6.54 Å². The van der Waals surface area contributed by atoms with Crippen LogP contribution in [0.25, 0.3) is 0 Å². The van der Waals surface area contributed by atoms with Gasteiger partial charge in [-0.25, -0.2) is 0 Å². The highest BCUT2D eigenvalue weighted by Gasteiger charge is 2.22. The Hall–Kier alpha value is -1.06. The minimum Gasteiger partial charge on any atom is -0.492 e. The lowest BCUT2D eigenvalue weighted by molar-refractivity contribution is 0.105. The van der Waals surface area contributed by atoms with E-state index in [0.717, 1.165) is 30.4 Å². The number of likely N-dealkylation sites (tertiary alicyclic amines) is 1. The normalized spacial score (nSPS) is 24.4. The summed E-state index contributed by atoms with van der Waals surface area (Å²) in [4.78, 5) is 2.54. The highest BCUT2D eigenvalue weighted by atomic mass is 16.5. The second kappa shape index (κ2) is 6.92. The molecule has 2 rings (SSSR count). The van der Waals surface area contributed by atoms with Gasteiger partial charge in [0.15, 0.2) is 0 Å². The molecule has 0 aliphatic carbocycles. The van der Waals surface area contributed by atoms with E-state index in [2.05, 4.69) is 18.7 Å². The lowest BCUT2D eigenvalue weighted by atomic mass is 9.95. The second-order valence-corrected chi connectivity index (χ2v) is 5.73. The van der Waals surface area contributed by atoms with Crippen molar-refractivity contribution < 1.29 is 4.74 Å². The summed E-state index contributed by atoms with van der Waals surface area (Å²) in [6.07, 6.45) is 2.67. The van der Waals surface area contributed by atoms with Crippen molar-refractivity contribution in [2.75, 3.05) is 19.7 Å². The smallest absolute Gasteiger partial charge is 0.119 e. The summed E-state index contributed by atoms with van der Waals surface area (Å²) in [5.41, 5.74) is 6.76. The summed E-state index contributed by atoms with van der Waals surface area (Å²) < 4.78 is 5.84. The Bertz CT molecular complexity index is 394. The summed E-state index contributed by atoms with van der Waals surface area (Å²) in [5.74, 6) is 1.75. The van der Waals surface area contributed by atoms with Gasteiger partial charge in [-0.2, -0.15) is 0 Å². The van der Waals surface area contributed by atoms with Crippen molar-refractivity contribution in [1.29, 1.82) is 0 Å². The third-order valence-electron chi connectivity index (χ3n) is 4.03. The van der Waals surface area contributed by atoms with E-state index in [9.17, 15) is 0 Å². The number of nitrogens with zero attached hydrogens (tertiary/aromatic N) is 1. The highest BCUT2D eigenvalue weighted by Crippen LogP contribution is 2.21. The summed E-state index contributed by atoms with van der Waals surface area (Å²) >= 11 is 0. The first-order chi connectivity index (χ1) is 9.19. The van der Waals surface area contributed by atoms with Crippen molar-refractivity contribution in [2.45, 2.75) is 39.3 Å². The average Bonchev–Trinajstić information content (AvgIpc) is 2.43. The lowest BCUT2D eigenvalue weighted by Gasteiger charge is -2.36. The lowest BCUT2D eigenvalue weighted by Crippen LogP contribution is -2.43. The van der Waals surface area contributed by atoms with E-state index in [0.29, 0.717) is 12.6 Å². The maximum absolute atomic E-state index is 5.84. The van der Waals surface area contributed by atoms with Gasteiger partial charge in [0.2, 0.25) is 0 Å². The maximum Gasteiger partial charge on any atom is 0.119 e. The predicted octanol–water partition coefficient (Wildman–Crippen LogP) is 2.64. The van der Waals surface area contributed by atoms with E-state index in [-0.39, 0.29) is 0 Å². The molecule has 0 bridgehead atoms. The first-order valence-electron chi connectivity index (χ1n) is 7.35. The van der Waals surface area contributed by atoms with Crippen molar-refractivity contribution in [3.05, 3.63) is 29.8 Å². The number of piperidine rings is 1. The molecule has 3 heteroatoms. The summed E-state index contributed by atoms with van der Waals surface area (Å²) in [6.45, 7) is 8.19. The molecule has 19 heavy (non-hydrogen) atoms. The molecule has 0 radical (unpaired) electrons. The molecule has 106 valence electrons. The summed E-state index contributed by atoms with van der Waals surface area (Å²) in [5, 5.41) is 0. The standard InChI is InChI=1S/C16H26N2O/c1-13-6-7-14(2)18(12-13)8-9-19-16-5-3-4-15(10-16)11-17/h3-5,10,13-14H,6-9,11-12,17H2,1-2H3. The summed E-state index contributed by atoms with van der Waals surface area (Å²) in [6, 6.07) is 8.75. The van der Waals surface area contributed by atoms with Crippen LogP contribution in [0.2, 0.25) is 0 Å². The van der Waals surface area contributed by atoms with Crippen LogP contribution < -0.4 is 10.5 Å². The molecule has 1 fully saturated rings. The predicted molar refractivity (Wildman–Crippen MR) is 79.3 cm³/mol. The van der Waals surface area contributed by atoms with Crippen LogP contribution in [0.1, 0.15) is 32.3 Å². The molecule has 3 nitrogen and oxygen atoms in total. The molecule has 0 spiro atoms. The second-order valence-electron chi connectivity index (χ2n) is 5.73. The van der Waals surface area contributed by atoms with Gasteiger partial charge in [0.05, 0.1) is 0 Å². The first-order valence-corrected chi connectivity index (χ1v) is 7.35. The number of hydrogen-bond donors (Lipinski definition) is 1. The zero-order valence-corrected chi connectivity index (χ0v) is 12.1. The third kappa shape index (κ3) is 4.22. The molecule has 1 heterocycles. The molecular formula is C16H26N2O. The van der Waals surface area contributed by atoms with Crippen molar-refractivity contribution in [3.8, 4) is 5.75 Å². The van der Waals surface area contributed by atoms with Crippen LogP contribution in [-0.4, -0.2) is 30.6 Å². The molecule has 1 aromatic rings. The molecule has 1 saturated heterocycles. The fourth-order valence-electron chi connectivity index (χ4n) is 2.73. The van der Waals surface area contributed by atoms with Crippen LogP contribution in [0.3, 0.4) is 0 Å². The van der Waals surface area contributed by atoms with Gasteiger partial charge in [0, 0.05) is 25.7 Å². The minimum absolute atomic E-state index is 0.567. The van der Waals surface area contributed by atoms with Gasteiger partial charge in [-0.15, -0.1) is 0 Å². The van der Waals surface area contributed by atoms with E-state index in [4.69, 9.17) is 10.5 Å². The van der Waals surface area contributed by atoms with Gasteiger partial charge >= 0.3 is 0 Å². The van der Waals surface area contributed by atoms with Gasteiger partial charge in [-0.3, -0.25) is 4.90 Å². The first kappa shape index (κ1) is 14.4. The number of benzene rings is 1. The van der Waals surface area contributed by atoms with Crippen LogP contribution in [0.5, 0.6) is 5.75 Å². The van der Waals surface area contributed by atoms with Crippen LogP contribution in [0, 0.1) is 5.92 Å². The average molecular weight is 262 g/mol. The van der Waals surface area contributed by atoms with Crippen molar-refractivity contribution >= 4 is 0 Å². The molecule has 2 N–H and O–H groups in total. The molecule has 0 saturated carbocycles. The van der Waals surface area contributed by atoms with Gasteiger partial charge < -0.3 is 10.5 Å². The number of ether oxygens (including phenoxy) is 1. The molecule has 0 aromatic heterocycles. The molecule has 2 unspecified atom stereocenters. The highest BCUT2D eigenvalue weighted by molar-refractivity contribution is 5.28. The molecule has 2 atom stereocenters. The van der Waals surface area contributed by atoms with Crippen LogP contribution in [0.15, 0.2) is 24.3 Å². The monoisotopic (exact) mass is 262 g/mol. The van der Waals surface area contributed by atoms with Crippen molar-refractivity contribution in [2.24, 2.45) is 11.7 Å². The molecule has 1 aromatic carbocycles. The topological polar surface area (TPSA) is 38.5 Å². The molecule has 1 aliphatic rings. The minimum atomic E-state index is 0.567.